The van der Waals surface area contributed by atoms with E-state index in [0.29, 0.717) is 16.6 Å². The first-order valence-corrected chi connectivity index (χ1v) is 9.02. The zero-order chi connectivity index (χ0) is 17.4. The van der Waals surface area contributed by atoms with Crippen molar-refractivity contribution in [2.45, 2.75) is 19.3 Å². The topological polar surface area (TPSA) is 60.3 Å². The van der Waals surface area contributed by atoms with E-state index in [1.807, 2.05) is 24.3 Å². The lowest BCUT2D eigenvalue weighted by Crippen LogP contribution is -1.99. The summed E-state index contributed by atoms with van der Waals surface area (Å²) in [4.78, 5) is 3.48. The highest BCUT2D eigenvalue weighted by Crippen LogP contribution is 2.40. The Morgan fingerprint density at radius 3 is 2.72 bits per heavy atom. The fraction of sp³-hybridized carbons (Fsp3) is 0.263. The Morgan fingerprint density at radius 1 is 1.04 bits per heavy atom. The van der Waals surface area contributed by atoms with Gasteiger partial charge in [-0.3, -0.25) is 0 Å². The third-order valence-electron chi connectivity index (χ3n) is 4.47. The number of aryl methyl sites for hydroxylation is 1. The molecule has 1 aliphatic heterocycles. The lowest BCUT2D eigenvalue weighted by Gasteiger charge is -2.06. The number of aromatic amines is 1. The summed E-state index contributed by atoms with van der Waals surface area (Å²) in [5.41, 5.74) is 9.84. The molecule has 0 atom stereocenters. The van der Waals surface area contributed by atoms with Gasteiger partial charge in [-0.05, 0) is 61.7 Å². The molecule has 0 unspecified atom stereocenters. The average Bonchev–Trinajstić information content (AvgIpc) is 3.19. The minimum Gasteiger partial charge on any atom is -0.454 e. The lowest BCUT2D eigenvalue weighted by atomic mass is 10.00. The standard InChI is InChI=1S/C19H18Cl2N2O2/c20-12-8-14-13(3-1-2-6-22)18(23-19(14)15(21)9-12)11-4-5-16-17(7-11)25-10-24-16/h4-5,7-9,23H,1-3,6,10,22H2. The molecular weight excluding hydrogens is 359 g/mol. The number of ether oxygens (including phenoxy) is 2. The van der Waals surface area contributed by atoms with Crippen molar-refractivity contribution in [1.29, 1.82) is 0 Å². The Balaban J connectivity index is 1.86. The lowest BCUT2D eigenvalue weighted by molar-refractivity contribution is 0.174. The van der Waals surface area contributed by atoms with Crippen LogP contribution in [-0.2, 0) is 6.42 Å². The molecule has 6 heteroatoms. The molecule has 0 bridgehead atoms. The van der Waals surface area contributed by atoms with Crippen LogP contribution in [0.5, 0.6) is 11.5 Å². The van der Waals surface area contributed by atoms with E-state index >= 15 is 0 Å². The zero-order valence-electron chi connectivity index (χ0n) is 13.6. The summed E-state index contributed by atoms with van der Waals surface area (Å²) in [6.45, 7) is 0.944. The van der Waals surface area contributed by atoms with Gasteiger partial charge >= 0.3 is 0 Å². The van der Waals surface area contributed by atoms with Crippen molar-refractivity contribution in [3.05, 3.63) is 45.9 Å². The summed E-state index contributed by atoms with van der Waals surface area (Å²) in [5.74, 6) is 1.53. The van der Waals surface area contributed by atoms with Gasteiger partial charge in [-0.25, -0.2) is 0 Å². The largest absolute Gasteiger partial charge is 0.454 e. The first kappa shape index (κ1) is 16.6. The van der Waals surface area contributed by atoms with E-state index in [0.717, 1.165) is 52.9 Å². The number of rotatable bonds is 5. The fourth-order valence-electron chi connectivity index (χ4n) is 3.28. The number of hydrogen-bond donors (Lipinski definition) is 2. The van der Waals surface area contributed by atoms with Crippen LogP contribution in [0.25, 0.3) is 22.2 Å². The quantitative estimate of drug-likeness (QED) is 0.605. The summed E-state index contributed by atoms with van der Waals surface area (Å²) in [5, 5.41) is 2.31. The molecule has 0 saturated carbocycles. The number of benzene rings is 2. The maximum atomic E-state index is 6.41. The highest BCUT2D eigenvalue weighted by atomic mass is 35.5. The van der Waals surface area contributed by atoms with Crippen molar-refractivity contribution in [3.63, 3.8) is 0 Å². The summed E-state index contributed by atoms with van der Waals surface area (Å²) < 4.78 is 10.9. The van der Waals surface area contributed by atoms with Crippen LogP contribution in [0.15, 0.2) is 30.3 Å². The first-order valence-electron chi connectivity index (χ1n) is 8.27. The Hall–Kier alpha value is -1.88. The summed E-state index contributed by atoms with van der Waals surface area (Å²) in [6.07, 6.45) is 2.88. The van der Waals surface area contributed by atoms with Crippen molar-refractivity contribution >= 4 is 34.1 Å². The number of fused-ring (bicyclic) bond motifs is 2. The van der Waals surface area contributed by atoms with Crippen molar-refractivity contribution in [1.82, 2.24) is 4.98 Å². The van der Waals surface area contributed by atoms with Gasteiger partial charge < -0.3 is 20.2 Å². The van der Waals surface area contributed by atoms with E-state index in [2.05, 4.69) is 4.98 Å². The molecule has 0 saturated heterocycles. The van der Waals surface area contributed by atoms with Gasteiger partial charge in [-0.1, -0.05) is 23.2 Å². The van der Waals surface area contributed by atoms with Crippen LogP contribution in [0, 0.1) is 0 Å². The molecule has 0 spiro atoms. The number of nitrogens with one attached hydrogen (secondary N) is 1. The summed E-state index contributed by atoms with van der Waals surface area (Å²) in [6, 6.07) is 9.68. The van der Waals surface area contributed by atoms with Crippen molar-refractivity contribution in [2.75, 3.05) is 13.3 Å². The van der Waals surface area contributed by atoms with Crippen LogP contribution in [-0.4, -0.2) is 18.3 Å². The fourth-order valence-corrected chi connectivity index (χ4v) is 3.82. The number of halogens is 2. The van der Waals surface area contributed by atoms with Crippen LogP contribution in [0.3, 0.4) is 0 Å². The predicted molar refractivity (Wildman–Crippen MR) is 102 cm³/mol. The number of unbranched alkanes of at least 4 members (excludes halogenated alkanes) is 1. The molecule has 0 amide bonds. The molecule has 2 aromatic carbocycles. The van der Waals surface area contributed by atoms with E-state index in [1.54, 1.807) is 6.07 Å². The molecule has 3 N–H and O–H groups in total. The van der Waals surface area contributed by atoms with Gasteiger partial charge in [-0.15, -0.1) is 0 Å². The van der Waals surface area contributed by atoms with Crippen molar-refractivity contribution in [2.24, 2.45) is 5.73 Å². The number of H-pyrrole nitrogens is 1. The molecule has 0 radical (unpaired) electrons. The van der Waals surface area contributed by atoms with E-state index in [-0.39, 0.29) is 6.79 Å². The van der Waals surface area contributed by atoms with Crippen LogP contribution in [0.1, 0.15) is 18.4 Å². The molecule has 1 aromatic heterocycles. The van der Waals surface area contributed by atoms with E-state index in [9.17, 15) is 0 Å². The molecule has 4 rings (SSSR count). The molecule has 130 valence electrons. The minimum atomic E-state index is 0.260. The molecular formula is C19H18Cl2N2O2. The van der Waals surface area contributed by atoms with Gasteiger partial charge in [0.1, 0.15) is 0 Å². The second kappa shape index (κ2) is 6.79. The van der Waals surface area contributed by atoms with Crippen molar-refractivity contribution < 1.29 is 9.47 Å². The van der Waals surface area contributed by atoms with Gasteiger partial charge in [0, 0.05) is 21.7 Å². The van der Waals surface area contributed by atoms with Gasteiger partial charge in [0.15, 0.2) is 11.5 Å². The van der Waals surface area contributed by atoms with Crippen LogP contribution in [0.4, 0.5) is 0 Å². The molecule has 4 nitrogen and oxygen atoms in total. The van der Waals surface area contributed by atoms with E-state index in [4.69, 9.17) is 38.4 Å². The van der Waals surface area contributed by atoms with Gasteiger partial charge in [-0.2, -0.15) is 0 Å². The monoisotopic (exact) mass is 376 g/mol. The number of hydrogen-bond acceptors (Lipinski definition) is 3. The summed E-state index contributed by atoms with van der Waals surface area (Å²) >= 11 is 12.6. The highest BCUT2D eigenvalue weighted by Gasteiger charge is 2.19. The molecule has 2 heterocycles. The second-order valence-corrected chi connectivity index (χ2v) is 6.95. The maximum Gasteiger partial charge on any atom is 0.231 e. The second-order valence-electron chi connectivity index (χ2n) is 6.10. The smallest absolute Gasteiger partial charge is 0.231 e. The van der Waals surface area contributed by atoms with Gasteiger partial charge in [0.25, 0.3) is 0 Å². The number of nitrogens with two attached hydrogens (primary N) is 1. The normalized spacial score (nSPS) is 12.9. The Morgan fingerprint density at radius 2 is 1.88 bits per heavy atom. The molecule has 3 aromatic rings. The van der Waals surface area contributed by atoms with Crippen LogP contribution >= 0.6 is 23.2 Å². The highest BCUT2D eigenvalue weighted by molar-refractivity contribution is 6.38. The average molecular weight is 377 g/mol. The zero-order valence-corrected chi connectivity index (χ0v) is 15.1. The Labute approximate surface area is 155 Å². The van der Waals surface area contributed by atoms with E-state index in [1.165, 1.54) is 5.56 Å². The van der Waals surface area contributed by atoms with Crippen LogP contribution in [0.2, 0.25) is 10.0 Å². The molecule has 0 aliphatic carbocycles. The summed E-state index contributed by atoms with van der Waals surface area (Å²) in [7, 11) is 0. The predicted octanol–water partition coefficient (Wildman–Crippen LogP) is 5.15. The van der Waals surface area contributed by atoms with Crippen molar-refractivity contribution in [3.8, 4) is 22.8 Å². The third-order valence-corrected chi connectivity index (χ3v) is 4.99. The SMILES string of the molecule is NCCCCc1c(-c2ccc3c(c2)OCO3)[nH]c2c(Cl)cc(Cl)cc12. The van der Waals surface area contributed by atoms with Gasteiger partial charge in [0.05, 0.1) is 10.5 Å². The van der Waals surface area contributed by atoms with E-state index < -0.39 is 0 Å². The van der Waals surface area contributed by atoms with Gasteiger partial charge in [0.2, 0.25) is 6.79 Å². The molecule has 1 aliphatic rings. The first-order chi connectivity index (χ1) is 12.2. The van der Waals surface area contributed by atoms with Crippen LogP contribution < -0.4 is 15.2 Å². The molecule has 25 heavy (non-hydrogen) atoms. The Bertz CT molecular complexity index is 937. The third kappa shape index (κ3) is 3.06. The molecule has 0 fully saturated rings. The Kier molecular flexibility index (Phi) is 4.50. The maximum absolute atomic E-state index is 6.41. The minimum absolute atomic E-state index is 0.260. The number of aromatic nitrogens is 1.